The van der Waals surface area contributed by atoms with Gasteiger partial charge in [-0.25, -0.2) is 0 Å². The van der Waals surface area contributed by atoms with E-state index in [4.69, 9.17) is 28.4 Å². The first-order chi connectivity index (χ1) is 23.0. The van der Waals surface area contributed by atoms with E-state index in [1.54, 1.807) is 41.5 Å². The van der Waals surface area contributed by atoms with Crippen LogP contribution in [0.4, 0.5) is 0 Å². The Morgan fingerprint density at radius 3 is 2.12 bits per heavy atom. The highest BCUT2D eigenvalue weighted by atomic mass is 16.7. The molecule has 0 radical (unpaired) electrons. The van der Waals surface area contributed by atoms with Crippen LogP contribution in [-0.2, 0) is 38.0 Å². The van der Waals surface area contributed by atoms with Gasteiger partial charge in [0.15, 0.2) is 12.6 Å². The minimum Gasteiger partial charge on any atom is -0.459 e. The maximum absolute atomic E-state index is 13.7. The summed E-state index contributed by atoms with van der Waals surface area (Å²) in [5.41, 5.74) is -4.91. The van der Waals surface area contributed by atoms with Crippen LogP contribution < -0.4 is 0 Å². The third kappa shape index (κ3) is 9.41. The molecule has 0 amide bonds. The van der Waals surface area contributed by atoms with Crippen molar-refractivity contribution in [3.05, 3.63) is 0 Å². The molecule has 15 nitrogen and oxygen atoms in total. The summed E-state index contributed by atoms with van der Waals surface area (Å²) in [6.45, 7) is 14.4. The Bertz CT molecular complexity index is 1140. The van der Waals surface area contributed by atoms with Gasteiger partial charge in [-0.05, 0) is 53.9 Å². The summed E-state index contributed by atoms with van der Waals surface area (Å²) in [6, 6.07) is -0.763. The number of carbonyl (C=O) groups excluding carboxylic acids is 2. The Hall–Kier alpha value is -1.34. The lowest BCUT2D eigenvalue weighted by Gasteiger charge is -2.48. The van der Waals surface area contributed by atoms with E-state index in [1.807, 2.05) is 0 Å². The van der Waals surface area contributed by atoms with Gasteiger partial charge >= 0.3 is 5.97 Å². The van der Waals surface area contributed by atoms with Gasteiger partial charge in [-0.3, -0.25) is 9.59 Å². The van der Waals surface area contributed by atoms with Crippen LogP contribution in [0.5, 0.6) is 0 Å². The lowest BCUT2D eigenvalue weighted by Crippen LogP contribution is -2.60. The van der Waals surface area contributed by atoms with Gasteiger partial charge in [0.05, 0.1) is 54.2 Å². The molecule has 3 aliphatic heterocycles. The van der Waals surface area contributed by atoms with Crippen LogP contribution in [0, 0.1) is 17.8 Å². The molecule has 292 valence electrons. The van der Waals surface area contributed by atoms with Gasteiger partial charge < -0.3 is 59.2 Å². The van der Waals surface area contributed by atoms with E-state index in [1.165, 1.54) is 34.9 Å². The summed E-state index contributed by atoms with van der Waals surface area (Å²) in [7, 11) is 2.86. The molecule has 15 heteroatoms. The Balaban J connectivity index is 2.13. The number of aliphatic hydroxyl groups is 5. The molecule has 0 aromatic rings. The van der Waals surface area contributed by atoms with E-state index < -0.39 is 120 Å². The number of carbonyl (C=O) groups is 2. The lowest BCUT2D eigenvalue weighted by atomic mass is 9.74. The van der Waals surface area contributed by atoms with Crippen molar-refractivity contribution in [2.75, 3.05) is 14.2 Å². The smallest absolute Gasteiger partial charge is 0.308 e. The summed E-state index contributed by atoms with van der Waals surface area (Å²) >= 11 is 0. The zero-order valence-corrected chi connectivity index (χ0v) is 31.5. The number of rotatable bonds is 7. The summed E-state index contributed by atoms with van der Waals surface area (Å²) in [5, 5.41) is 68.2. The molecular formula is C35H63NO14. The quantitative estimate of drug-likeness (QED) is 0.162. The topological polar surface area (TPSA) is 214 Å². The molecule has 3 fully saturated rings. The molecule has 3 rings (SSSR count). The highest BCUT2D eigenvalue weighted by Gasteiger charge is 2.52. The maximum atomic E-state index is 13.7. The van der Waals surface area contributed by atoms with E-state index in [0.29, 0.717) is 0 Å². The second kappa shape index (κ2) is 16.8. The summed E-state index contributed by atoms with van der Waals surface area (Å²) < 4.78 is 36.3. The zero-order valence-electron chi connectivity index (χ0n) is 31.5. The minimum absolute atomic E-state index is 0.0730. The molecular weight excluding hydrogens is 658 g/mol. The largest absolute Gasteiger partial charge is 0.459 e. The van der Waals surface area contributed by atoms with E-state index in [9.17, 15) is 40.3 Å². The van der Waals surface area contributed by atoms with Gasteiger partial charge in [0.1, 0.15) is 29.7 Å². The SMILES string of the molecule is CCC1OC(=O)CC(OC2CC(C)(OC)C(O)C(C)O2)C(C)C(OC2OC(C)CC(N(C)O)C2O)C(C)(O)CC(C)C(=O)C(C)C(O)C1(C)O. The number of aliphatic hydroxyl groups excluding tert-OH is 3. The van der Waals surface area contributed by atoms with Crippen molar-refractivity contribution in [2.45, 2.75) is 179 Å². The number of Topliss-reactive ketones (excluding diaryl/α,β-unsaturated/α-hetero) is 1. The van der Waals surface area contributed by atoms with Crippen molar-refractivity contribution in [3.8, 4) is 0 Å². The molecule has 0 bridgehead atoms. The van der Waals surface area contributed by atoms with Crippen LogP contribution in [0.25, 0.3) is 0 Å². The number of methoxy groups -OCH3 is 1. The molecule has 0 saturated carbocycles. The molecule has 17 atom stereocenters. The third-order valence-electron chi connectivity index (χ3n) is 11.2. The normalized spacial score (nSPS) is 49.0. The molecule has 3 saturated heterocycles. The average molecular weight is 722 g/mol. The number of esters is 1. The number of hydrogen-bond donors (Lipinski definition) is 6. The van der Waals surface area contributed by atoms with Crippen LogP contribution in [0.2, 0.25) is 0 Å². The Kier molecular flexibility index (Phi) is 14.4. The molecule has 0 aliphatic carbocycles. The first-order valence-corrected chi connectivity index (χ1v) is 17.8. The predicted octanol–water partition coefficient (Wildman–Crippen LogP) is 1.30. The van der Waals surface area contributed by atoms with Gasteiger partial charge in [-0.15, -0.1) is 0 Å². The average Bonchev–Trinajstić information content (AvgIpc) is 3.03. The van der Waals surface area contributed by atoms with Crippen LogP contribution in [-0.4, -0.2) is 146 Å². The number of likely N-dealkylation sites (N-methyl/N-ethyl adjacent to an activating group) is 1. The van der Waals surface area contributed by atoms with Crippen LogP contribution in [0.1, 0.15) is 94.4 Å². The zero-order chi connectivity index (χ0) is 38.1. The number of hydroxylamine groups is 2. The number of hydrogen-bond acceptors (Lipinski definition) is 15. The molecule has 3 aliphatic rings. The van der Waals surface area contributed by atoms with E-state index in [2.05, 4.69) is 0 Å². The third-order valence-corrected chi connectivity index (χ3v) is 11.2. The number of ketones is 1. The molecule has 6 N–H and O–H groups in total. The summed E-state index contributed by atoms with van der Waals surface area (Å²) in [4.78, 5) is 27.4. The molecule has 3 heterocycles. The second-order valence-electron chi connectivity index (χ2n) is 15.6. The maximum Gasteiger partial charge on any atom is 0.308 e. The molecule has 0 aromatic heterocycles. The van der Waals surface area contributed by atoms with Crippen molar-refractivity contribution in [2.24, 2.45) is 17.8 Å². The molecule has 17 unspecified atom stereocenters. The van der Waals surface area contributed by atoms with Gasteiger partial charge in [0, 0.05) is 38.3 Å². The van der Waals surface area contributed by atoms with Crippen molar-refractivity contribution < 1.29 is 68.8 Å². The van der Waals surface area contributed by atoms with Crippen molar-refractivity contribution in [1.29, 1.82) is 0 Å². The first-order valence-electron chi connectivity index (χ1n) is 17.8. The number of cyclic esters (lactones) is 1. The van der Waals surface area contributed by atoms with E-state index in [-0.39, 0.29) is 25.7 Å². The summed E-state index contributed by atoms with van der Waals surface area (Å²) in [5.74, 6) is -4.08. The second-order valence-corrected chi connectivity index (χ2v) is 15.6. The van der Waals surface area contributed by atoms with Gasteiger partial charge in [-0.2, -0.15) is 5.06 Å². The van der Waals surface area contributed by atoms with Crippen molar-refractivity contribution >= 4 is 11.8 Å². The van der Waals surface area contributed by atoms with Crippen LogP contribution in [0.3, 0.4) is 0 Å². The summed E-state index contributed by atoms with van der Waals surface area (Å²) in [6.07, 6.45) is -11.1. The lowest BCUT2D eigenvalue weighted by molar-refractivity contribution is -0.322. The highest BCUT2D eigenvalue weighted by molar-refractivity contribution is 5.83. The minimum atomic E-state index is -2.00. The standard InChI is InChI=1S/C35H63NO14/c1-12-24-35(9,43)29(40)20(5)27(38)17(2)15-33(7,42)31(50-32-28(39)22(36(10)44)13-18(3)46-32)19(4)23(14-25(37)49-24)48-26-16-34(8,45-11)30(41)21(6)47-26/h17-24,26,28-32,39-44H,12-16H2,1-11H3. The molecule has 0 spiro atoms. The van der Waals surface area contributed by atoms with Crippen LogP contribution in [0.15, 0.2) is 0 Å². The number of nitrogens with zero attached hydrogens (tertiary/aromatic N) is 1. The van der Waals surface area contributed by atoms with Crippen molar-refractivity contribution in [1.82, 2.24) is 5.06 Å². The fraction of sp³-hybridized carbons (Fsp3) is 0.943. The number of ether oxygens (including phenoxy) is 6. The Morgan fingerprint density at radius 1 is 0.940 bits per heavy atom. The molecule has 0 aromatic carbocycles. The van der Waals surface area contributed by atoms with Gasteiger partial charge in [0.25, 0.3) is 0 Å². The van der Waals surface area contributed by atoms with Crippen molar-refractivity contribution in [3.63, 3.8) is 0 Å². The molecule has 50 heavy (non-hydrogen) atoms. The van der Waals surface area contributed by atoms with E-state index in [0.717, 1.165) is 5.06 Å². The van der Waals surface area contributed by atoms with Crippen LogP contribution >= 0.6 is 0 Å². The van der Waals surface area contributed by atoms with Gasteiger partial charge in [0.2, 0.25) is 0 Å². The monoisotopic (exact) mass is 721 g/mol. The van der Waals surface area contributed by atoms with E-state index >= 15 is 0 Å². The fourth-order valence-corrected chi connectivity index (χ4v) is 7.96. The van der Waals surface area contributed by atoms with Gasteiger partial charge in [-0.1, -0.05) is 27.7 Å². The Morgan fingerprint density at radius 2 is 1.56 bits per heavy atom. The highest BCUT2D eigenvalue weighted by Crippen LogP contribution is 2.39. The predicted molar refractivity (Wildman–Crippen MR) is 178 cm³/mol. The fourth-order valence-electron chi connectivity index (χ4n) is 7.96. The first kappa shape index (κ1) is 43.1. The Labute approximate surface area is 296 Å².